The Labute approximate surface area is 141 Å². The second-order valence-corrected chi connectivity index (χ2v) is 6.31. The number of halogens is 2. The van der Waals surface area contributed by atoms with Crippen LogP contribution in [-0.4, -0.2) is 11.7 Å². The van der Waals surface area contributed by atoms with Crippen LogP contribution >= 0.6 is 31.9 Å². The van der Waals surface area contributed by atoms with Crippen LogP contribution in [0.5, 0.6) is 11.5 Å². The van der Waals surface area contributed by atoms with Crippen molar-refractivity contribution in [3.63, 3.8) is 0 Å². The Morgan fingerprint density at radius 1 is 1.14 bits per heavy atom. The van der Waals surface area contributed by atoms with Gasteiger partial charge in [0.2, 0.25) is 0 Å². The van der Waals surface area contributed by atoms with Crippen LogP contribution < -0.4 is 10.1 Å². The largest absolute Gasteiger partial charge is 0.506 e. The summed E-state index contributed by atoms with van der Waals surface area (Å²) in [5.41, 5.74) is 2.02. The van der Waals surface area contributed by atoms with Crippen molar-refractivity contribution >= 4 is 37.5 Å². The summed E-state index contributed by atoms with van der Waals surface area (Å²) in [6.45, 7) is 3.43. The molecule has 0 fully saturated rings. The summed E-state index contributed by atoms with van der Waals surface area (Å²) in [4.78, 5) is 0. The van der Waals surface area contributed by atoms with Crippen molar-refractivity contribution < 1.29 is 9.84 Å². The Hall–Kier alpha value is -1.20. The number of aromatic hydroxyl groups is 1. The third-order valence-corrected chi connectivity index (χ3v) is 4.12. The number of para-hydroxylation sites is 2. The summed E-state index contributed by atoms with van der Waals surface area (Å²) in [7, 11) is 0. The van der Waals surface area contributed by atoms with Crippen molar-refractivity contribution in [1.82, 2.24) is 0 Å². The van der Waals surface area contributed by atoms with Crippen LogP contribution in [0.3, 0.4) is 0 Å². The highest BCUT2D eigenvalue weighted by Gasteiger charge is 2.07. The normalized spacial score (nSPS) is 10.4. The number of anilines is 1. The molecule has 0 spiro atoms. The molecule has 0 atom stereocenters. The van der Waals surface area contributed by atoms with E-state index in [0.29, 0.717) is 22.1 Å². The number of hydrogen-bond donors (Lipinski definition) is 2. The van der Waals surface area contributed by atoms with Crippen LogP contribution in [0.15, 0.2) is 45.3 Å². The number of hydrogen-bond acceptors (Lipinski definition) is 3. The average molecular weight is 415 g/mol. The molecule has 0 unspecified atom stereocenters. The molecule has 21 heavy (non-hydrogen) atoms. The van der Waals surface area contributed by atoms with Crippen molar-refractivity contribution in [2.24, 2.45) is 0 Å². The van der Waals surface area contributed by atoms with Gasteiger partial charge in [0.1, 0.15) is 11.5 Å². The maximum atomic E-state index is 9.72. The van der Waals surface area contributed by atoms with E-state index < -0.39 is 0 Å². The van der Waals surface area contributed by atoms with E-state index in [0.717, 1.165) is 23.4 Å². The first-order chi connectivity index (χ1) is 10.1. The van der Waals surface area contributed by atoms with Crippen LogP contribution in [0.1, 0.15) is 18.9 Å². The molecule has 0 heterocycles. The van der Waals surface area contributed by atoms with Gasteiger partial charge < -0.3 is 15.2 Å². The molecule has 3 nitrogen and oxygen atoms in total. The summed E-state index contributed by atoms with van der Waals surface area (Å²) in [5, 5.41) is 13.1. The molecule has 112 valence electrons. The Balaban J connectivity index is 2.09. The Morgan fingerprint density at radius 3 is 2.48 bits per heavy atom. The van der Waals surface area contributed by atoms with Gasteiger partial charge in [-0.1, -0.05) is 19.1 Å². The maximum Gasteiger partial charge on any atom is 0.143 e. The Bertz CT molecular complexity index is 594. The monoisotopic (exact) mass is 413 g/mol. The topological polar surface area (TPSA) is 41.5 Å². The van der Waals surface area contributed by atoms with Gasteiger partial charge in [-0.25, -0.2) is 0 Å². The van der Waals surface area contributed by atoms with Gasteiger partial charge in [0, 0.05) is 6.54 Å². The molecule has 0 aliphatic carbocycles. The SMILES string of the molecule is CCCOc1ccccc1NCc1cc(Br)c(O)c(Br)c1. The molecule has 2 aromatic carbocycles. The van der Waals surface area contributed by atoms with E-state index in [9.17, 15) is 5.11 Å². The minimum atomic E-state index is 0.213. The molecule has 0 radical (unpaired) electrons. The van der Waals surface area contributed by atoms with Crippen LogP contribution in [0.4, 0.5) is 5.69 Å². The summed E-state index contributed by atoms with van der Waals surface area (Å²) >= 11 is 6.68. The number of phenols is 1. The third-order valence-electron chi connectivity index (χ3n) is 2.91. The lowest BCUT2D eigenvalue weighted by Gasteiger charge is -2.13. The molecule has 0 amide bonds. The van der Waals surface area contributed by atoms with Crippen LogP contribution in [0.2, 0.25) is 0 Å². The number of rotatable bonds is 6. The van der Waals surface area contributed by atoms with Crippen molar-refractivity contribution in [3.8, 4) is 11.5 Å². The van der Waals surface area contributed by atoms with Crippen molar-refractivity contribution in [2.45, 2.75) is 19.9 Å². The second-order valence-electron chi connectivity index (χ2n) is 4.61. The fourth-order valence-electron chi connectivity index (χ4n) is 1.87. The highest BCUT2D eigenvalue weighted by atomic mass is 79.9. The summed E-state index contributed by atoms with van der Waals surface area (Å²) in [6.07, 6.45) is 0.978. The lowest BCUT2D eigenvalue weighted by molar-refractivity contribution is 0.319. The molecule has 0 aliphatic rings. The molecule has 0 bridgehead atoms. The zero-order valence-corrected chi connectivity index (χ0v) is 14.9. The Morgan fingerprint density at radius 2 is 1.81 bits per heavy atom. The lowest BCUT2D eigenvalue weighted by Crippen LogP contribution is -2.03. The predicted octanol–water partition coefficient (Wildman–Crippen LogP) is 5.32. The van der Waals surface area contributed by atoms with Gasteiger partial charge in [0.05, 0.1) is 21.2 Å². The molecule has 2 N–H and O–H groups in total. The standard InChI is InChI=1S/C16H17Br2NO2/c1-2-7-21-15-6-4-3-5-14(15)19-10-11-8-12(17)16(20)13(18)9-11/h3-6,8-9,19-20H,2,7,10H2,1H3. The summed E-state index contributed by atoms with van der Waals surface area (Å²) in [5.74, 6) is 1.07. The molecule has 2 rings (SSSR count). The van der Waals surface area contributed by atoms with E-state index in [1.165, 1.54) is 0 Å². The van der Waals surface area contributed by atoms with Gasteiger partial charge in [-0.2, -0.15) is 0 Å². The fraction of sp³-hybridized carbons (Fsp3) is 0.250. The zero-order chi connectivity index (χ0) is 15.2. The predicted molar refractivity (Wildman–Crippen MR) is 93.1 cm³/mol. The molecule has 0 aliphatic heterocycles. The molecule has 2 aromatic rings. The number of phenolic OH excluding ortho intramolecular Hbond substituents is 1. The molecule has 0 saturated carbocycles. The number of benzene rings is 2. The van der Waals surface area contributed by atoms with Gasteiger partial charge >= 0.3 is 0 Å². The third kappa shape index (κ3) is 4.38. The quantitative estimate of drug-likeness (QED) is 0.672. The first-order valence-electron chi connectivity index (χ1n) is 6.74. The first-order valence-corrected chi connectivity index (χ1v) is 8.33. The van der Waals surface area contributed by atoms with E-state index in [1.54, 1.807) is 0 Å². The highest BCUT2D eigenvalue weighted by Crippen LogP contribution is 2.34. The van der Waals surface area contributed by atoms with E-state index in [-0.39, 0.29) is 5.75 Å². The van der Waals surface area contributed by atoms with Crippen LogP contribution in [0.25, 0.3) is 0 Å². The number of ether oxygens (including phenoxy) is 1. The van der Waals surface area contributed by atoms with E-state index in [1.807, 2.05) is 36.4 Å². The Kier molecular flexibility index (Phi) is 5.94. The van der Waals surface area contributed by atoms with Gasteiger partial charge in [-0.15, -0.1) is 0 Å². The van der Waals surface area contributed by atoms with Gasteiger partial charge in [0.25, 0.3) is 0 Å². The van der Waals surface area contributed by atoms with Gasteiger partial charge in [-0.3, -0.25) is 0 Å². The molecule has 0 aromatic heterocycles. The smallest absolute Gasteiger partial charge is 0.143 e. The first kappa shape index (κ1) is 16.2. The molecule has 5 heteroatoms. The minimum Gasteiger partial charge on any atom is -0.506 e. The van der Waals surface area contributed by atoms with Gasteiger partial charge in [-0.05, 0) is 68.1 Å². The van der Waals surface area contributed by atoms with Crippen LogP contribution in [-0.2, 0) is 6.54 Å². The summed E-state index contributed by atoms with van der Waals surface area (Å²) < 4.78 is 7.06. The second kappa shape index (κ2) is 7.71. The minimum absolute atomic E-state index is 0.213. The van der Waals surface area contributed by atoms with E-state index in [4.69, 9.17) is 4.74 Å². The van der Waals surface area contributed by atoms with Crippen molar-refractivity contribution in [1.29, 1.82) is 0 Å². The molecule has 0 saturated heterocycles. The molecular weight excluding hydrogens is 398 g/mol. The molecular formula is C16H17Br2NO2. The van der Waals surface area contributed by atoms with Crippen LogP contribution in [0, 0.1) is 0 Å². The fourth-order valence-corrected chi connectivity index (χ4v) is 3.15. The zero-order valence-electron chi connectivity index (χ0n) is 11.7. The van der Waals surface area contributed by atoms with Gasteiger partial charge in [0.15, 0.2) is 0 Å². The number of nitrogens with one attached hydrogen (secondary N) is 1. The lowest BCUT2D eigenvalue weighted by atomic mass is 10.2. The average Bonchev–Trinajstić information content (AvgIpc) is 2.49. The highest BCUT2D eigenvalue weighted by molar-refractivity contribution is 9.11. The summed E-state index contributed by atoms with van der Waals surface area (Å²) in [6, 6.07) is 11.7. The van der Waals surface area contributed by atoms with Crippen molar-refractivity contribution in [2.75, 3.05) is 11.9 Å². The van der Waals surface area contributed by atoms with Crippen molar-refractivity contribution in [3.05, 3.63) is 50.9 Å². The van der Waals surface area contributed by atoms with E-state index >= 15 is 0 Å². The maximum absolute atomic E-state index is 9.72. The van der Waals surface area contributed by atoms with E-state index in [2.05, 4.69) is 44.1 Å².